The van der Waals surface area contributed by atoms with Crippen molar-refractivity contribution in [2.75, 3.05) is 6.61 Å². The molecular formula is C12H11F2N3O5. The molecule has 8 nitrogen and oxygen atoms in total. The Morgan fingerprint density at radius 2 is 2.23 bits per heavy atom. The number of benzene rings is 1. The molecule has 22 heavy (non-hydrogen) atoms. The van der Waals surface area contributed by atoms with Crippen molar-refractivity contribution in [3.8, 4) is 11.8 Å². The fraction of sp³-hybridized carbons (Fsp3) is 0.333. The van der Waals surface area contributed by atoms with Gasteiger partial charge in [-0.25, -0.2) is 4.79 Å². The number of ether oxygens (including phenoxy) is 1. The molecule has 10 heteroatoms. The Morgan fingerprint density at radius 1 is 1.64 bits per heavy atom. The fourth-order valence-electron chi connectivity index (χ4n) is 1.63. The monoisotopic (exact) mass is 315 g/mol. The SMILES string of the molecule is CCOC(=O)C(F)(F)[C@@H](N)c1cc(C#N)cc([N+](=O)[O-])c1O. The Hall–Kier alpha value is -2.80. The van der Waals surface area contributed by atoms with Gasteiger partial charge in [-0.15, -0.1) is 0 Å². The van der Waals surface area contributed by atoms with E-state index in [0.29, 0.717) is 6.07 Å². The summed E-state index contributed by atoms with van der Waals surface area (Å²) in [6.45, 7) is 0.976. The molecule has 0 amide bonds. The first-order chi connectivity index (χ1) is 10.2. The Kier molecular flexibility index (Phi) is 4.95. The lowest BCUT2D eigenvalue weighted by molar-refractivity contribution is -0.386. The number of carbonyl (C=O) groups excluding carboxylic acids is 1. The average molecular weight is 315 g/mol. The molecule has 0 saturated heterocycles. The number of esters is 1. The summed E-state index contributed by atoms with van der Waals surface area (Å²) in [6, 6.07) is 0.553. The fourth-order valence-corrected chi connectivity index (χ4v) is 1.63. The topological polar surface area (TPSA) is 139 Å². The van der Waals surface area contributed by atoms with Crippen molar-refractivity contribution in [3.63, 3.8) is 0 Å². The summed E-state index contributed by atoms with van der Waals surface area (Å²) in [5.41, 5.74) is 3.12. The Bertz CT molecular complexity index is 657. The van der Waals surface area contributed by atoms with Crippen LogP contribution in [0.3, 0.4) is 0 Å². The highest BCUT2D eigenvalue weighted by molar-refractivity contribution is 5.79. The molecule has 0 aromatic heterocycles. The van der Waals surface area contributed by atoms with Crippen molar-refractivity contribution < 1.29 is 28.3 Å². The van der Waals surface area contributed by atoms with E-state index in [2.05, 4.69) is 4.74 Å². The van der Waals surface area contributed by atoms with Gasteiger partial charge in [0.2, 0.25) is 0 Å². The summed E-state index contributed by atoms with van der Waals surface area (Å²) in [7, 11) is 0. The predicted molar refractivity (Wildman–Crippen MR) is 68.0 cm³/mol. The van der Waals surface area contributed by atoms with E-state index < -0.39 is 39.9 Å². The molecule has 1 rings (SSSR count). The van der Waals surface area contributed by atoms with Gasteiger partial charge in [-0.1, -0.05) is 0 Å². The zero-order valence-corrected chi connectivity index (χ0v) is 11.2. The number of aromatic hydroxyl groups is 1. The number of halogens is 2. The molecule has 0 saturated carbocycles. The molecule has 0 aliphatic rings. The number of phenolic OH excluding ortho intramolecular Hbond substituents is 1. The maximum Gasteiger partial charge on any atom is 0.379 e. The van der Waals surface area contributed by atoms with Crippen molar-refractivity contribution >= 4 is 11.7 Å². The molecule has 1 aromatic rings. The van der Waals surface area contributed by atoms with E-state index in [4.69, 9.17) is 11.0 Å². The first-order valence-corrected chi connectivity index (χ1v) is 5.88. The number of alkyl halides is 2. The van der Waals surface area contributed by atoms with Crippen LogP contribution in [0.15, 0.2) is 12.1 Å². The molecule has 1 atom stereocenters. The minimum absolute atomic E-state index is 0.328. The van der Waals surface area contributed by atoms with Gasteiger partial charge in [-0.3, -0.25) is 10.1 Å². The van der Waals surface area contributed by atoms with Gasteiger partial charge >= 0.3 is 17.6 Å². The van der Waals surface area contributed by atoms with Gasteiger partial charge in [0.15, 0.2) is 5.75 Å². The van der Waals surface area contributed by atoms with Gasteiger partial charge in [-0.05, 0) is 13.0 Å². The molecule has 0 radical (unpaired) electrons. The van der Waals surface area contributed by atoms with E-state index in [9.17, 15) is 28.8 Å². The van der Waals surface area contributed by atoms with E-state index in [1.807, 2.05) is 0 Å². The summed E-state index contributed by atoms with van der Waals surface area (Å²) in [5, 5.41) is 29.2. The summed E-state index contributed by atoms with van der Waals surface area (Å²) < 4.78 is 31.9. The Labute approximate surface area is 122 Å². The summed E-state index contributed by atoms with van der Waals surface area (Å²) >= 11 is 0. The average Bonchev–Trinajstić information content (AvgIpc) is 2.46. The van der Waals surface area contributed by atoms with Crippen LogP contribution in [0.2, 0.25) is 0 Å². The number of nitro groups is 1. The van der Waals surface area contributed by atoms with E-state index in [-0.39, 0.29) is 12.2 Å². The first-order valence-electron chi connectivity index (χ1n) is 5.88. The lowest BCUT2D eigenvalue weighted by Crippen LogP contribution is -2.41. The molecule has 0 fully saturated rings. The molecule has 1 aromatic carbocycles. The highest BCUT2D eigenvalue weighted by atomic mass is 19.3. The van der Waals surface area contributed by atoms with Gasteiger partial charge in [0.25, 0.3) is 0 Å². The van der Waals surface area contributed by atoms with Gasteiger partial charge < -0.3 is 15.6 Å². The van der Waals surface area contributed by atoms with Crippen molar-refractivity contribution in [2.24, 2.45) is 5.73 Å². The number of nitrogens with two attached hydrogens (primary N) is 1. The molecule has 118 valence electrons. The lowest BCUT2D eigenvalue weighted by atomic mass is 9.97. The van der Waals surface area contributed by atoms with Crippen LogP contribution < -0.4 is 5.73 Å². The van der Waals surface area contributed by atoms with E-state index in [0.717, 1.165) is 6.07 Å². The van der Waals surface area contributed by atoms with Crippen LogP contribution in [0.1, 0.15) is 24.1 Å². The van der Waals surface area contributed by atoms with Crippen molar-refractivity contribution in [3.05, 3.63) is 33.4 Å². The second kappa shape index (κ2) is 6.31. The van der Waals surface area contributed by atoms with Crippen LogP contribution in [0.4, 0.5) is 14.5 Å². The standard InChI is InChI=1S/C12H11F2N3O5/c1-2-22-11(19)12(13,14)10(16)7-3-6(5-15)4-8(9(7)18)17(20)21/h3-4,10,18H,2,16H2,1H3/t10-/m0/s1. The van der Waals surface area contributed by atoms with Gasteiger partial charge in [0.1, 0.15) is 6.04 Å². The van der Waals surface area contributed by atoms with Crippen molar-refractivity contribution in [1.29, 1.82) is 5.26 Å². The second-order valence-corrected chi connectivity index (χ2v) is 4.12. The number of phenols is 1. The van der Waals surface area contributed by atoms with Crippen molar-refractivity contribution in [2.45, 2.75) is 18.9 Å². The number of hydrogen-bond acceptors (Lipinski definition) is 7. The quantitative estimate of drug-likeness (QED) is 0.475. The van der Waals surface area contributed by atoms with Crippen LogP contribution in [0.5, 0.6) is 5.75 Å². The molecular weight excluding hydrogens is 304 g/mol. The Balaban J connectivity index is 3.43. The van der Waals surface area contributed by atoms with Gasteiger partial charge in [-0.2, -0.15) is 14.0 Å². The van der Waals surface area contributed by atoms with Crippen LogP contribution >= 0.6 is 0 Å². The molecule has 0 bridgehead atoms. The smallest absolute Gasteiger partial charge is 0.379 e. The normalized spacial score (nSPS) is 12.3. The first kappa shape index (κ1) is 17.3. The number of nitriles is 1. The van der Waals surface area contributed by atoms with Crippen LogP contribution in [0, 0.1) is 21.4 Å². The summed E-state index contributed by atoms with van der Waals surface area (Å²) in [4.78, 5) is 20.9. The predicted octanol–water partition coefficient (Wildman–Crippen LogP) is 1.37. The molecule has 0 aliphatic carbocycles. The zero-order valence-electron chi connectivity index (χ0n) is 11.2. The maximum atomic E-state index is 13.9. The largest absolute Gasteiger partial charge is 0.502 e. The van der Waals surface area contributed by atoms with E-state index in [1.54, 1.807) is 0 Å². The van der Waals surface area contributed by atoms with Crippen LogP contribution in [-0.4, -0.2) is 28.5 Å². The third-order valence-corrected chi connectivity index (χ3v) is 2.72. The van der Waals surface area contributed by atoms with E-state index in [1.165, 1.54) is 13.0 Å². The number of rotatable bonds is 5. The number of nitro benzene ring substituents is 1. The maximum absolute atomic E-state index is 13.9. The van der Waals surface area contributed by atoms with Crippen molar-refractivity contribution in [1.82, 2.24) is 0 Å². The lowest BCUT2D eigenvalue weighted by Gasteiger charge is -2.22. The zero-order chi connectivity index (χ0) is 17.1. The second-order valence-electron chi connectivity index (χ2n) is 4.12. The molecule has 0 spiro atoms. The minimum Gasteiger partial charge on any atom is -0.502 e. The van der Waals surface area contributed by atoms with Crippen LogP contribution in [-0.2, 0) is 9.53 Å². The number of carbonyl (C=O) groups is 1. The highest BCUT2D eigenvalue weighted by Gasteiger charge is 2.49. The summed E-state index contributed by atoms with van der Waals surface area (Å²) in [6.07, 6.45) is 0. The Morgan fingerprint density at radius 3 is 2.68 bits per heavy atom. The van der Waals surface area contributed by atoms with Gasteiger partial charge in [0.05, 0.1) is 23.2 Å². The third kappa shape index (κ3) is 3.09. The molecule has 3 N–H and O–H groups in total. The van der Waals surface area contributed by atoms with Crippen LogP contribution in [0.25, 0.3) is 0 Å². The number of hydrogen-bond donors (Lipinski definition) is 2. The number of nitrogens with zero attached hydrogens (tertiary/aromatic N) is 2. The van der Waals surface area contributed by atoms with E-state index >= 15 is 0 Å². The molecule has 0 unspecified atom stereocenters. The highest BCUT2D eigenvalue weighted by Crippen LogP contribution is 2.40. The summed E-state index contributed by atoms with van der Waals surface area (Å²) in [5.74, 6) is -7.32. The third-order valence-electron chi connectivity index (χ3n) is 2.72. The molecule has 0 aliphatic heterocycles. The minimum atomic E-state index is -4.24. The van der Waals surface area contributed by atoms with Gasteiger partial charge in [0, 0.05) is 11.6 Å². The molecule has 0 heterocycles.